The van der Waals surface area contributed by atoms with Crippen LogP contribution in [-0.2, 0) is 0 Å². The van der Waals surface area contributed by atoms with Crippen molar-refractivity contribution < 1.29 is 4.42 Å². The first-order valence-electron chi connectivity index (χ1n) is 19.8. The number of hydrogen-bond acceptors (Lipinski definition) is 2. The summed E-state index contributed by atoms with van der Waals surface area (Å²) in [6, 6.07) is 80.6. The standard InChI is InChI=1S/C56H37NO/c1-3-12-38(13-4-1)39-22-24-40(25-23-39)41-26-31-46(32-27-41)57(54-37-45-16-7-8-17-48(45)50-18-9-10-19-51(50)54)47-33-28-42(29-34-47)44-30-35-55-53(36-44)52-21-11-20-49(56(52)58-55)43-14-5-2-6-15-43/h1-37H. The van der Waals surface area contributed by atoms with Crippen molar-refractivity contribution in [3.8, 4) is 44.5 Å². The minimum Gasteiger partial charge on any atom is -0.455 e. The van der Waals surface area contributed by atoms with Gasteiger partial charge in [0.05, 0.1) is 5.69 Å². The van der Waals surface area contributed by atoms with Gasteiger partial charge >= 0.3 is 0 Å². The first-order chi connectivity index (χ1) is 28.7. The SMILES string of the molecule is c1ccc(-c2ccc(-c3ccc(N(c4ccc(-c5ccc6oc7c(-c8ccccc8)cccc7c6c5)cc4)c4cc5ccccc5c5ccccc45)cc3)cc2)cc1. The van der Waals surface area contributed by atoms with Crippen molar-refractivity contribution in [1.29, 1.82) is 0 Å². The van der Waals surface area contributed by atoms with Crippen LogP contribution in [-0.4, -0.2) is 0 Å². The van der Waals surface area contributed by atoms with Gasteiger partial charge in [-0.1, -0.05) is 182 Å². The number of para-hydroxylation sites is 1. The van der Waals surface area contributed by atoms with Crippen molar-refractivity contribution in [2.24, 2.45) is 0 Å². The lowest BCUT2D eigenvalue weighted by atomic mass is 9.98. The van der Waals surface area contributed by atoms with Crippen molar-refractivity contribution in [3.05, 3.63) is 224 Å². The Hall–Kier alpha value is -7.68. The van der Waals surface area contributed by atoms with Gasteiger partial charge in [-0.25, -0.2) is 0 Å². The van der Waals surface area contributed by atoms with Gasteiger partial charge in [0, 0.05) is 33.1 Å². The Morgan fingerprint density at radius 2 is 0.776 bits per heavy atom. The lowest BCUT2D eigenvalue weighted by Gasteiger charge is -2.28. The van der Waals surface area contributed by atoms with Gasteiger partial charge in [0.2, 0.25) is 0 Å². The van der Waals surface area contributed by atoms with Crippen LogP contribution in [0.1, 0.15) is 0 Å². The molecule has 11 aromatic rings. The quantitative estimate of drug-likeness (QED) is 0.151. The van der Waals surface area contributed by atoms with Crippen LogP contribution in [0.5, 0.6) is 0 Å². The van der Waals surface area contributed by atoms with Crippen molar-refractivity contribution in [2.75, 3.05) is 4.90 Å². The van der Waals surface area contributed by atoms with E-state index in [9.17, 15) is 0 Å². The van der Waals surface area contributed by atoms with E-state index in [1.54, 1.807) is 0 Å². The van der Waals surface area contributed by atoms with E-state index in [2.05, 4.69) is 223 Å². The monoisotopic (exact) mass is 739 g/mol. The summed E-state index contributed by atoms with van der Waals surface area (Å²) in [5.74, 6) is 0. The molecule has 1 heterocycles. The molecule has 0 saturated heterocycles. The fourth-order valence-corrected chi connectivity index (χ4v) is 8.56. The molecule has 0 saturated carbocycles. The Labute approximate surface area is 337 Å². The van der Waals surface area contributed by atoms with Crippen LogP contribution in [0.15, 0.2) is 229 Å². The Kier molecular flexibility index (Phi) is 8.19. The average molecular weight is 740 g/mol. The summed E-state index contributed by atoms with van der Waals surface area (Å²) in [7, 11) is 0. The molecule has 0 bridgehead atoms. The van der Waals surface area contributed by atoms with Gasteiger partial charge in [0.15, 0.2) is 0 Å². The zero-order valence-corrected chi connectivity index (χ0v) is 31.7. The van der Waals surface area contributed by atoms with Crippen LogP contribution in [0.25, 0.3) is 88.0 Å². The molecule has 2 nitrogen and oxygen atoms in total. The summed E-state index contributed by atoms with van der Waals surface area (Å²) in [4.78, 5) is 2.40. The molecule has 0 unspecified atom stereocenters. The van der Waals surface area contributed by atoms with Crippen LogP contribution in [0.4, 0.5) is 17.1 Å². The maximum atomic E-state index is 6.50. The molecule has 0 fully saturated rings. The second-order valence-electron chi connectivity index (χ2n) is 14.9. The molecule has 0 amide bonds. The zero-order chi connectivity index (χ0) is 38.4. The van der Waals surface area contributed by atoms with E-state index in [1.165, 1.54) is 43.8 Å². The number of benzene rings is 10. The van der Waals surface area contributed by atoms with E-state index in [4.69, 9.17) is 4.42 Å². The van der Waals surface area contributed by atoms with Gasteiger partial charge in [-0.2, -0.15) is 0 Å². The molecule has 10 aromatic carbocycles. The Morgan fingerprint density at radius 3 is 1.43 bits per heavy atom. The number of fused-ring (bicyclic) bond motifs is 6. The predicted octanol–water partition coefficient (Wildman–Crippen LogP) is 16.0. The molecular weight excluding hydrogens is 703 g/mol. The van der Waals surface area contributed by atoms with Crippen molar-refractivity contribution in [2.45, 2.75) is 0 Å². The Balaban J connectivity index is 0.996. The number of hydrogen-bond donors (Lipinski definition) is 0. The van der Waals surface area contributed by atoms with Gasteiger partial charge in [-0.15, -0.1) is 0 Å². The van der Waals surface area contributed by atoms with Crippen LogP contribution >= 0.6 is 0 Å². The minimum absolute atomic E-state index is 0.892. The highest BCUT2D eigenvalue weighted by atomic mass is 16.3. The highest BCUT2D eigenvalue weighted by Crippen LogP contribution is 2.43. The minimum atomic E-state index is 0.892. The highest BCUT2D eigenvalue weighted by Gasteiger charge is 2.19. The molecule has 0 aliphatic heterocycles. The van der Waals surface area contributed by atoms with E-state index in [-0.39, 0.29) is 0 Å². The van der Waals surface area contributed by atoms with Crippen LogP contribution in [0.2, 0.25) is 0 Å². The summed E-state index contributed by atoms with van der Waals surface area (Å²) in [6.45, 7) is 0. The largest absolute Gasteiger partial charge is 0.455 e. The fraction of sp³-hybridized carbons (Fsp3) is 0. The van der Waals surface area contributed by atoms with Crippen molar-refractivity contribution >= 4 is 60.5 Å². The molecule has 272 valence electrons. The molecule has 0 aliphatic rings. The zero-order valence-electron chi connectivity index (χ0n) is 31.7. The van der Waals surface area contributed by atoms with Crippen LogP contribution in [0.3, 0.4) is 0 Å². The lowest BCUT2D eigenvalue weighted by molar-refractivity contribution is 0.670. The van der Waals surface area contributed by atoms with Crippen molar-refractivity contribution in [1.82, 2.24) is 0 Å². The number of rotatable bonds is 7. The van der Waals surface area contributed by atoms with E-state index < -0.39 is 0 Å². The molecule has 0 atom stereocenters. The van der Waals surface area contributed by atoms with Crippen molar-refractivity contribution in [3.63, 3.8) is 0 Å². The normalized spacial score (nSPS) is 11.4. The third-order valence-corrected chi connectivity index (χ3v) is 11.5. The van der Waals surface area contributed by atoms with Gasteiger partial charge < -0.3 is 9.32 Å². The summed E-state index contributed by atoms with van der Waals surface area (Å²) in [6.07, 6.45) is 0. The van der Waals surface area contributed by atoms with Crippen LogP contribution < -0.4 is 4.90 Å². The molecule has 11 rings (SSSR count). The molecular formula is C56H37NO. The van der Waals surface area contributed by atoms with E-state index in [1.807, 2.05) is 6.07 Å². The first-order valence-corrected chi connectivity index (χ1v) is 19.8. The number of anilines is 3. The molecule has 58 heavy (non-hydrogen) atoms. The van der Waals surface area contributed by atoms with E-state index >= 15 is 0 Å². The number of nitrogens with zero attached hydrogens (tertiary/aromatic N) is 1. The first kappa shape index (κ1) is 33.6. The third-order valence-electron chi connectivity index (χ3n) is 11.5. The maximum absolute atomic E-state index is 6.50. The topological polar surface area (TPSA) is 16.4 Å². The smallest absolute Gasteiger partial charge is 0.143 e. The van der Waals surface area contributed by atoms with Gasteiger partial charge in [0.1, 0.15) is 11.2 Å². The second kappa shape index (κ2) is 14.1. The highest BCUT2D eigenvalue weighted by molar-refractivity contribution is 6.15. The Bertz CT molecular complexity index is 3240. The molecule has 0 aliphatic carbocycles. The maximum Gasteiger partial charge on any atom is 0.143 e. The summed E-state index contributed by atoms with van der Waals surface area (Å²) in [5, 5.41) is 7.16. The third kappa shape index (κ3) is 5.91. The van der Waals surface area contributed by atoms with Gasteiger partial charge in [-0.3, -0.25) is 0 Å². The number of furan rings is 1. The molecule has 0 spiro atoms. The second-order valence-corrected chi connectivity index (χ2v) is 14.9. The van der Waals surface area contributed by atoms with E-state index in [0.717, 1.165) is 61.3 Å². The molecule has 0 radical (unpaired) electrons. The summed E-state index contributed by atoms with van der Waals surface area (Å²) in [5.41, 5.74) is 14.5. The summed E-state index contributed by atoms with van der Waals surface area (Å²) >= 11 is 0. The average Bonchev–Trinajstić information content (AvgIpc) is 3.69. The van der Waals surface area contributed by atoms with Gasteiger partial charge in [0.25, 0.3) is 0 Å². The molecule has 0 N–H and O–H groups in total. The molecule has 1 aromatic heterocycles. The van der Waals surface area contributed by atoms with E-state index in [0.29, 0.717) is 0 Å². The Morgan fingerprint density at radius 1 is 0.293 bits per heavy atom. The van der Waals surface area contributed by atoms with Gasteiger partial charge in [-0.05, 0) is 97.6 Å². The van der Waals surface area contributed by atoms with Crippen LogP contribution in [0, 0.1) is 0 Å². The fourth-order valence-electron chi connectivity index (χ4n) is 8.56. The summed E-state index contributed by atoms with van der Waals surface area (Å²) < 4.78 is 6.50. The lowest BCUT2D eigenvalue weighted by Crippen LogP contribution is -2.10. The predicted molar refractivity (Wildman–Crippen MR) is 245 cm³/mol. The molecule has 2 heteroatoms.